The van der Waals surface area contributed by atoms with E-state index in [-0.39, 0.29) is 0 Å². The molecule has 0 bridgehead atoms. The molecule has 0 fully saturated rings. The van der Waals surface area contributed by atoms with Crippen LogP contribution >= 0.6 is 0 Å². The Morgan fingerprint density at radius 2 is 0.519 bits per heavy atom. The fourth-order valence-electron chi connectivity index (χ4n) is 7.46. The van der Waals surface area contributed by atoms with Crippen molar-refractivity contribution in [3.63, 3.8) is 0 Å². The van der Waals surface area contributed by atoms with Crippen LogP contribution < -0.4 is 13.7 Å². The highest BCUT2D eigenvalue weighted by Crippen LogP contribution is 2.15. The van der Waals surface area contributed by atoms with Crippen LogP contribution in [0.1, 0.15) is 192 Å². The van der Waals surface area contributed by atoms with Crippen molar-refractivity contribution in [3.8, 4) is 0 Å². The van der Waals surface area contributed by atoms with Gasteiger partial charge in [0.15, 0.2) is 37.2 Å². The molecule has 3 rings (SSSR count). The first kappa shape index (κ1) is 43.8. The molecule has 4 heteroatoms. The highest BCUT2D eigenvalue weighted by molar-refractivity contribution is 5.13. The van der Waals surface area contributed by atoms with Gasteiger partial charge in [0.2, 0.25) is 0 Å². The van der Waals surface area contributed by atoms with Crippen LogP contribution in [0.3, 0.4) is 0 Å². The zero-order valence-corrected chi connectivity index (χ0v) is 34.4. The van der Waals surface area contributed by atoms with Gasteiger partial charge in [-0.1, -0.05) is 136 Å². The predicted molar refractivity (Wildman–Crippen MR) is 221 cm³/mol. The van der Waals surface area contributed by atoms with Crippen molar-refractivity contribution in [2.45, 2.75) is 214 Å². The van der Waals surface area contributed by atoms with Crippen LogP contribution in [0.25, 0.3) is 0 Å². The monoisotopic (exact) mass is 714 g/mol. The highest BCUT2D eigenvalue weighted by atomic mass is 15.1. The number of aryl methyl sites for hydroxylation is 3. The molecule has 3 heterocycles. The van der Waals surface area contributed by atoms with E-state index in [1.807, 2.05) is 0 Å². The molecule has 0 saturated heterocycles. The third-order valence-electron chi connectivity index (χ3n) is 10.9. The topological polar surface area (TPSA) is 14.9 Å². The van der Waals surface area contributed by atoms with Gasteiger partial charge in [0, 0.05) is 75.3 Å². The number of rotatable bonds is 33. The number of hydrogen-bond acceptors (Lipinski definition) is 1. The Kier molecular flexibility index (Phi) is 25.1. The lowest BCUT2D eigenvalue weighted by atomic mass is 10.1. The molecule has 0 saturated carbocycles. The molecule has 0 spiro atoms. The lowest BCUT2D eigenvalue weighted by molar-refractivity contribution is -0.697. The van der Waals surface area contributed by atoms with Crippen LogP contribution in [0.2, 0.25) is 0 Å². The molecule has 0 amide bonds. The van der Waals surface area contributed by atoms with Crippen LogP contribution in [-0.4, -0.2) is 4.90 Å². The first-order valence-electron chi connectivity index (χ1n) is 22.4. The first-order valence-corrected chi connectivity index (χ1v) is 22.4. The summed E-state index contributed by atoms with van der Waals surface area (Å²) in [6.45, 7) is 13.2. The number of pyridine rings is 3. The fourth-order valence-corrected chi connectivity index (χ4v) is 7.46. The molecule has 0 radical (unpaired) electrons. The van der Waals surface area contributed by atoms with Gasteiger partial charge in [-0.3, -0.25) is 4.90 Å². The normalized spacial score (nSPS) is 11.5. The molecule has 3 aromatic rings. The smallest absolute Gasteiger partial charge is 0.169 e. The zero-order chi connectivity index (χ0) is 36.7. The summed E-state index contributed by atoms with van der Waals surface area (Å²) < 4.78 is 7.15. The molecule has 0 unspecified atom stereocenters. The van der Waals surface area contributed by atoms with E-state index in [0.717, 1.165) is 39.3 Å². The van der Waals surface area contributed by atoms with Gasteiger partial charge >= 0.3 is 0 Å². The highest BCUT2D eigenvalue weighted by Gasteiger charge is 2.13. The van der Waals surface area contributed by atoms with E-state index in [2.05, 4.69) is 113 Å². The molecule has 3 aromatic heterocycles. The molecular weight excluding hydrogens is 633 g/mol. The second kappa shape index (κ2) is 29.8. The van der Waals surface area contributed by atoms with Crippen molar-refractivity contribution in [3.05, 3.63) is 90.3 Å². The third-order valence-corrected chi connectivity index (χ3v) is 10.9. The van der Waals surface area contributed by atoms with E-state index in [9.17, 15) is 0 Å². The molecule has 290 valence electrons. The summed E-state index contributed by atoms with van der Waals surface area (Å²) in [5, 5.41) is 0. The Bertz CT molecular complexity index is 1070. The molecular formula is C48H81N4+3. The molecule has 0 aromatic carbocycles. The van der Waals surface area contributed by atoms with Crippen LogP contribution in [0.4, 0.5) is 0 Å². The van der Waals surface area contributed by atoms with E-state index in [1.54, 1.807) is 0 Å². The Labute approximate surface area is 322 Å². The number of unbranched alkanes of at least 4 members (excludes halogenated alkanes) is 21. The van der Waals surface area contributed by atoms with E-state index >= 15 is 0 Å². The largest absolute Gasteiger partial charge is 0.291 e. The lowest BCUT2D eigenvalue weighted by Crippen LogP contribution is -2.34. The van der Waals surface area contributed by atoms with E-state index in [1.165, 1.54) is 171 Å². The molecule has 0 N–H and O–H groups in total. The van der Waals surface area contributed by atoms with E-state index < -0.39 is 0 Å². The van der Waals surface area contributed by atoms with Crippen molar-refractivity contribution in [2.75, 3.05) is 0 Å². The second-order valence-electron chi connectivity index (χ2n) is 15.9. The van der Waals surface area contributed by atoms with Crippen molar-refractivity contribution in [1.29, 1.82) is 0 Å². The summed E-state index contributed by atoms with van der Waals surface area (Å²) in [5.41, 5.74) is 4.19. The summed E-state index contributed by atoms with van der Waals surface area (Å²) in [4.78, 5) is 2.62. The van der Waals surface area contributed by atoms with Gasteiger partial charge in [-0.25, -0.2) is 13.7 Å². The van der Waals surface area contributed by atoms with Gasteiger partial charge in [0.05, 0.1) is 0 Å². The molecule has 4 nitrogen and oxygen atoms in total. The van der Waals surface area contributed by atoms with E-state index in [0.29, 0.717) is 0 Å². The van der Waals surface area contributed by atoms with Gasteiger partial charge in [-0.2, -0.15) is 0 Å². The molecule has 52 heavy (non-hydrogen) atoms. The fraction of sp³-hybridized carbons (Fsp3) is 0.688. The summed E-state index contributed by atoms with van der Waals surface area (Å²) >= 11 is 0. The average molecular weight is 714 g/mol. The molecule has 0 aliphatic heterocycles. The van der Waals surface area contributed by atoms with Crippen molar-refractivity contribution < 1.29 is 13.7 Å². The van der Waals surface area contributed by atoms with Gasteiger partial charge in [-0.05, 0) is 36.0 Å². The lowest BCUT2D eigenvalue weighted by Gasteiger charge is -2.22. The molecule has 0 aliphatic carbocycles. The second-order valence-corrected chi connectivity index (χ2v) is 15.9. The SMILES string of the molecule is CCCCCCCCCC[n+]1ccc(CN(Cc2cc[n+](CCCCCCCCCC)cc2)Cc2cc[n+](CCCCCCCCCC)cc2)cc1. The Balaban J connectivity index is 1.50. The minimum Gasteiger partial charge on any atom is -0.291 e. The summed E-state index contributed by atoms with van der Waals surface area (Å²) in [7, 11) is 0. The Morgan fingerprint density at radius 3 is 0.750 bits per heavy atom. The third kappa shape index (κ3) is 21.2. The van der Waals surface area contributed by atoms with Crippen LogP contribution in [-0.2, 0) is 39.3 Å². The minimum absolute atomic E-state index is 0.957. The zero-order valence-electron chi connectivity index (χ0n) is 34.4. The maximum absolute atomic E-state index is 2.62. The van der Waals surface area contributed by atoms with E-state index in [4.69, 9.17) is 0 Å². The maximum atomic E-state index is 2.62. The maximum Gasteiger partial charge on any atom is 0.169 e. The van der Waals surface area contributed by atoms with Gasteiger partial charge < -0.3 is 0 Å². The average Bonchev–Trinajstić information content (AvgIpc) is 3.17. The van der Waals surface area contributed by atoms with Crippen molar-refractivity contribution in [2.24, 2.45) is 0 Å². The van der Waals surface area contributed by atoms with Gasteiger partial charge in [0.1, 0.15) is 19.6 Å². The van der Waals surface area contributed by atoms with Crippen LogP contribution in [0.5, 0.6) is 0 Å². The number of aromatic nitrogens is 3. The minimum atomic E-state index is 0.957. The summed E-state index contributed by atoms with van der Waals surface area (Å²) in [5.74, 6) is 0. The first-order chi connectivity index (χ1) is 25.7. The van der Waals surface area contributed by atoms with Crippen molar-refractivity contribution in [1.82, 2.24) is 4.90 Å². The predicted octanol–water partition coefficient (Wildman–Crippen LogP) is 12.2. The summed E-state index contributed by atoms with van der Waals surface area (Å²) in [6, 6.07) is 14.1. The number of nitrogens with zero attached hydrogens (tertiary/aromatic N) is 4. The Morgan fingerprint density at radius 1 is 0.308 bits per heavy atom. The summed E-state index contributed by atoms with van der Waals surface area (Å²) in [6.07, 6.45) is 46.8. The Hall–Kier alpha value is -2.59. The van der Waals surface area contributed by atoms with Gasteiger partial charge in [-0.15, -0.1) is 0 Å². The van der Waals surface area contributed by atoms with Crippen LogP contribution in [0, 0.1) is 0 Å². The molecule has 0 aliphatic rings. The van der Waals surface area contributed by atoms with Crippen LogP contribution in [0.15, 0.2) is 73.6 Å². The number of hydrogen-bond donors (Lipinski definition) is 0. The molecule has 0 atom stereocenters. The van der Waals surface area contributed by atoms with Crippen molar-refractivity contribution >= 4 is 0 Å². The van der Waals surface area contributed by atoms with Gasteiger partial charge in [0.25, 0.3) is 0 Å². The standard InChI is InChI=1S/C48H81N4/c1-4-7-10-13-16-19-22-25-34-49-37-28-46(29-38-49)43-52(44-47-30-39-50(40-31-47)35-26-23-20-17-14-11-8-5-2)45-48-32-41-51(42-33-48)36-27-24-21-18-15-12-9-6-3/h28-33,37-42H,4-27,34-36,43-45H2,1-3H3/q+3. The quantitative estimate of drug-likeness (QED) is 0.0453.